The Balaban J connectivity index is 1.73. The highest BCUT2D eigenvalue weighted by Gasteiger charge is 2.09. The van der Waals surface area contributed by atoms with Crippen LogP contribution in [0, 0.1) is 0 Å². The zero-order chi connectivity index (χ0) is 15.3. The van der Waals surface area contributed by atoms with Gasteiger partial charge >= 0.3 is 0 Å². The van der Waals surface area contributed by atoms with Crippen LogP contribution in [0.4, 0.5) is 0 Å². The van der Waals surface area contributed by atoms with E-state index < -0.39 is 0 Å². The third-order valence-corrected chi connectivity index (χ3v) is 3.40. The molecule has 0 bridgehead atoms. The number of fused-ring (bicyclic) bond motifs is 1. The van der Waals surface area contributed by atoms with Gasteiger partial charge in [-0.05, 0) is 38.8 Å². The van der Waals surface area contributed by atoms with Crippen LogP contribution in [0.1, 0.15) is 32.8 Å². The molecule has 21 heavy (non-hydrogen) atoms. The first-order chi connectivity index (χ1) is 9.96. The van der Waals surface area contributed by atoms with Gasteiger partial charge in [-0.3, -0.25) is 4.79 Å². The predicted molar refractivity (Wildman–Crippen MR) is 87.4 cm³/mol. The van der Waals surface area contributed by atoms with Gasteiger partial charge in [-0.2, -0.15) is 0 Å². The van der Waals surface area contributed by atoms with Crippen LogP contribution in [0.3, 0.4) is 0 Å². The standard InChI is InChI=1S/C17H25N3O/c1-17(2,3)20-11-9-16(21)18-10-8-13-12-19-15-7-5-4-6-14(13)15/h4-7,12,19-20H,8-11H2,1-3H3,(H,18,21). The van der Waals surface area contributed by atoms with Gasteiger partial charge in [0.25, 0.3) is 0 Å². The first-order valence-corrected chi connectivity index (χ1v) is 7.52. The van der Waals surface area contributed by atoms with Crippen molar-refractivity contribution < 1.29 is 4.79 Å². The Morgan fingerprint density at radius 1 is 1.19 bits per heavy atom. The second-order valence-corrected chi connectivity index (χ2v) is 6.39. The van der Waals surface area contributed by atoms with Crippen molar-refractivity contribution in [3.63, 3.8) is 0 Å². The molecule has 3 N–H and O–H groups in total. The number of amides is 1. The van der Waals surface area contributed by atoms with Gasteiger partial charge in [0, 0.05) is 42.1 Å². The van der Waals surface area contributed by atoms with E-state index in [4.69, 9.17) is 0 Å². The summed E-state index contributed by atoms with van der Waals surface area (Å²) in [5.41, 5.74) is 2.46. The summed E-state index contributed by atoms with van der Waals surface area (Å²) in [6, 6.07) is 8.23. The number of para-hydroxylation sites is 1. The normalized spacial score (nSPS) is 11.8. The summed E-state index contributed by atoms with van der Waals surface area (Å²) in [4.78, 5) is 15.0. The number of benzene rings is 1. The van der Waals surface area contributed by atoms with Crippen LogP contribution in [-0.2, 0) is 11.2 Å². The Hall–Kier alpha value is -1.81. The Labute approximate surface area is 126 Å². The van der Waals surface area contributed by atoms with E-state index in [1.807, 2.05) is 18.3 Å². The summed E-state index contributed by atoms with van der Waals surface area (Å²) < 4.78 is 0. The number of nitrogens with one attached hydrogen (secondary N) is 3. The molecule has 0 spiro atoms. The molecule has 0 saturated heterocycles. The van der Waals surface area contributed by atoms with Crippen molar-refractivity contribution >= 4 is 16.8 Å². The van der Waals surface area contributed by atoms with Crippen LogP contribution < -0.4 is 10.6 Å². The maximum Gasteiger partial charge on any atom is 0.221 e. The molecule has 1 aromatic heterocycles. The number of hydrogen-bond acceptors (Lipinski definition) is 2. The summed E-state index contributed by atoms with van der Waals surface area (Å²) in [6.07, 6.45) is 3.39. The number of carbonyl (C=O) groups is 1. The van der Waals surface area contributed by atoms with Gasteiger partial charge in [0.05, 0.1) is 0 Å². The maximum atomic E-state index is 11.8. The number of aromatic nitrogens is 1. The molecule has 114 valence electrons. The van der Waals surface area contributed by atoms with E-state index in [0.29, 0.717) is 19.5 Å². The highest BCUT2D eigenvalue weighted by molar-refractivity contribution is 5.83. The molecule has 0 saturated carbocycles. The predicted octanol–water partition coefficient (Wildman–Crippen LogP) is 2.60. The topological polar surface area (TPSA) is 56.9 Å². The van der Waals surface area contributed by atoms with Crippen molar-refractivity contribution in [2.24, 2.45) is 0 Å². The lowest BCUT2D eigenvalue weighted by molar-refractivity contribution is -0.121. The third-order valence-electron chi connectivity index (χ3n) is 3.40. The Morgan fingerprint density at radius 3 is 2.71 bits per heavy atom. The van der Waals surface area contributed by atoms with Crippen molar-refractivity contribution in [2.75, 3.05) is 13.1 Å². The molecule has 2 aromatic rings. The van der Waals surface area contributed by atoms with Gasteiger partial charge in [-0.25, -0.2) is 0 Å². The lowest BCUT2D eigenvalue weighted by atomic mass is 10.1. The molecule has 1 heterocycles. The summed E-state index contributed by atoms with van der Waals surface area (Å²) in [5, 5.41) is 7.53. The Bertz CT molecular complexity index is 595. The molecule has 0 atom stereocenters. The first-order valence-electron chi connectivity index (χ1n) is 7.52. The Morgan fingerprint density at radius 2 is 1.95 bits per heavy atom. The largest absolute Gasteiger partial charge is 0.361 e. The van der Waals surface area contributed by atoms with E-state index in [9.17, 15) is 4.79 Å². The van der Waals surface area contributed by atoms with Gasteiger partial charge in [-0.15, -0.1) is 0 Å². The number of rotatable bonds is 6. The van der Waals surface area contributed by atoms with Crippen LogP contribution in [0.25, 0.3) is 10.9 Å². The lowest BCUT2D eigenvalue weighted by Gasteiger charge is -2.20. The second-order valence-electron chi connectivity index (χ2n) is 6.39. The Kier molecular flexibility index (Phi) is 5.02. The van der Waals surface area contributed by atoms with Crippen molar-refractivity contribution in [2.45, 2.75) is 39.2 Å². The minimum atomic E-state index is 0.0598. The molecule has 1 aromatic carbocycles. The van der Waals surface area contributed by atoms with Crippen LogP contribution >= 0.6 is 0 Å². The molecular formula is C17H25N3O. The number of H-pyrrole nitrogens is 1. The van der Waals surface area contributed by atoms with Crippen molar-refractivity contribution in [1.82, 2.24) is 15.6 Å². The molecule has 4 nitrogen and oxygen atoms in total. The molecule has 0 aliphatic rings. The van der Waals surface area contributed by atoms with Crippen LogP contribution in [0.15, 0.2) is 30.5 Å². The fourth-order valence-corrected chi connectivity index (χ4v) is 2.31. The average molecular weight is 287 g/mol. The molecule has 0 aliphatic carbocycles. The number of carbonyl (C=O) groups excluding carboxylic acids is 1. The SMILES string of the molecule is CC(C)(C)NCCC(=O)NCCc1c[nH]c2ccccc12. The van der Waals surface area contributed by atoms with E-state index >= 15 is 0 Å². The van der Waals surface area contributed by atoms with Gasteiger partial charge < -0.3 is 15.6 Å². The summed E-state index contributed by atoms with van der Waals surface area (Å²) in [6.45, 7) is 7.68. The van der Waals surface area contributed by atoms with Crippen molar-refractivity contribution in [3.05, 3.63) is 36.0 Å². The smallest absolute Gasteiger partial charge is 0.221 e. The van der Waals surface area contributed by atoms with E-state index in [1.54, 1.807) is 0 Å². The quantitative estimate of drug-likeness (QED) is 0.765. The summed E-state index contributed by atoms with van der Waals surface area (Å²) in [7, 11) is 0. The monoisotopic (exact) mass is 287 g/mol. The molecule has 0 fully saturated rings. The van der Waals surface area contributed by atoms with E-state index in [1.165, 1.54) is 10.9 Å². The molecule has 0 aliphatic heterocycles. The molecule has 0 radical (unpaired) electrons. The maximum absolute atomic E-state index is 11.8. The van der Waals surface area contributed by atoms with Crippen LogP contribution in [-0.4, -0.2) is 29.5 Å². The minimum absolute atomic E-state index is 0.0598. The van der Waals surface area contributed by atoms with Crippen molar-refractivity contribution in [1.29, 1.82) is 0 Å². The van der Waals surface area contributed by atoms with E-state index in [-0.39, 0.29) is 11.4 Å². The average Bonchev–Trinajstić information content (AvgIpc) is 2.81. The number of hydrogen-bond donors (Lipinski definition) is 3. The van der Waals surface area contributed by atoms with E-state index in [0.717, 1.165) is 11.9 Å². The number of aromatic amines is 1. The minimum Gasteiger partial charge on any atom is -0.361 e. The molecule has 2 rings (SSSR count). The fourth-order valence-electron chi connectivity index (χ4n) is 2.31. The molecular weight excluding hydrogens is 262 g/mol. The second kappa shape index (κ2) is 6.76. The highest BCUT2D eigenvalue weighted by atomic mass is 16.1. The first kappa shape index (κ1) is 15.6. The van der Waals surface area contributed by atoms with Gasteiger partial charge in [0.15, 0.2) is 0 Å². The van der Waals surface area contributed by atoms with Gasteiger partial charge in [-0.1, -0.05) is 18.2 Å². The van der Waals surface area contributed by atoms with E-state index in [2.05, 4.69) is 48.5 Å². The van der Waals surface area contributed by atoms with Crippen molar-refractivity contribution in [3.8, 4) is 0 Å². The molecule has 1 amide bonds. The lowest BCUT2D eigenvalue weighted by Crippen LogP contribution is -2.38. The van der Waals surface area contributed by atoms with Gasteiger partial charge in [0.1, 0.15) is 0 Å². The van der Waals surface area contributed by atoms with Crippen LogP contribution in [0.2, 0.25) is 0 Å². The van der Waals surface area contributed by atoms with Crippen LogP contribution in [0.5, 0.6) is 0 Å². The fraction of sp³-hybridized carbons (Fsp3) is 0.471. The summed E-state index contributed by atoms with van der Waals surface area (Å²) in [5.74, 6) is 0.103. The zero-order valence-corrected chi connectivity index (χ0v) is 13.1. The highest BCUT2D eigenvalue weighted by Crippen LogP contribution is 2.17. The van der Waals surface area contributed by atoms with Gasteiger partial charge in [0.2, 0.25) is 5.91 Å². The summed E-state index contributed by atoms with van der Waals surface area (Å²) >= 11 is 0. The molecule has 0 unspecified atom stereocenters. The zero-order valence-electron chi connectivity index (χ0n) is 13.1. The molecule has 4 heteroatoms. The third kappa shape index (κ3) is 4.90.